The molecule has 3 aromatic rings. The minimum atomic E-state index is -3.87. The van der Waals surface area contributed by atoms with Crippen molar-refractivity contribution < 1.29 is 13.2 Å². The molecule has 152 valence electrons. The number of anilines is 2. The molecule has 7 nitrogen and oxygen atoms in total. The van der Waals surface area contributed by atoms with Crippen molar-refractivity contribution in [3.05, 3.63) is 58.6 Å². The molecule has 3 rings (SSSR count). The third kappa shape index (κ3) is 4.65. The molecule has 0 aliphatic rings. The van der Waals surface area contributed by atoms with Gasteiger partial charge in [-0.1, -0.05) is 33.6 Å². The fraction of sp³-hybridized carbons (Fsp3) is 0.158. The molecule has 1 aromatic heterocycles. The molecule has 0 aliphatic carbocycles. The molecule has 0 atom stereocenters. The van der Waals surface area contributed by atoms with Crippen LogP contribution in [0.3, 0.4) is 0 Å². The van der Waals surface area contributed by atoms with Gasteiger partial charge in [0, 0.05) is 10.2 Å². The number of benzene rings is 2. The highest BCUT2D eigenvalue weighted by molar-refractivity contribution is 9.10. The molecule has 3 N–H and O–H groups in total. The minimum absolute atomic E-state index is 0.0686. The van der Waals surface area contributed by atoms with Crippen molar-refractivity contribution in [2.75, 3.05) is 17.3 Å². The van der Waals surface area contributed by atoms with Crippen molar-refractivity contribution in [3.63, 3.8) is 0 Å². The number of nitrogens with two attached hydrogens (primary N) is 1. The van der Waals surface area contributed by atoms with Gasteiger partial charge in [-0.2, -0.15) is 5.10 Å². The zero-order valence-corrected chi connectivity index (χ0v) is 18.9. The highest BCUT2D eigenvalue weighted by atomic mass is 79.9. The lowest BCUT2D eigenvalue weighted by atomic mass is 10.2. The van der Waals surface area contributed by atoms with Gasteiger partial charge < -0.3 is 11.1 Å². The fourth-order valence-corrected chi connectivity index (χ4v) is 5.34. The lowest BCUT2D eigenvalue weighted by molar-refractivity contribution is -0.116. The van der Waals surface area contributed by atoms with Gasteiger partial charge in [-0.15, -0.1) is 11.8 Å². The summed E-state index contributed by atoms with van der Waals surface area (Å²) in [6.07, 6.45) is 1.71. The van der Waals surface area contributed by atoms with Gasteiger partial charge in [0.2, 0.25) is 15.7 Å². The summed E-state index contributed by atoms with van der Waals surface area (Å²) in [4.78, 5) is 12.4. The predicted molar refractivity (Wildman–Crippen MR) is 118 cm³/mol. The molecule has 0 bridgehead atoms. The van der Waals surface area contributed by atoms with Crippen LogP contribution in [0.2, 0.25) is 0 Å². The van der Waals surface area contributed by atoms with E-state index in [0.29, 0.717) is 5.69 Å². The largest absolute Gasteiger partial charge is 0.383 e. The summed E-state index contributed by atoms with van der Waals surface area (Å²) >= 11 is 4.49. The molecule has 0 unspecified atom stereocenters. The molecule has 10 heteroatoms. The summed E-state index contributed by atoms with van der Waals surface area (Å²) in [5, 5.41) is 7.23. The van der Waals surface area contributed by atoms with Crippen molar-refractivity contribution in [2.45, 2.75) is 28.3 Å². The van der Waals surface area contributed by atoms with Crippen LogP contribution < -0.4 is 11.1 Å². The maximum atomic E-state index is 13.1. The van der Waals surface area contributed by atoms with Gasteiger partial charge in [0.15, 0.2) is 0 Å². The van der Waals surface area contributed by atoms with Crippen LogP contribution in [0.25, 0.3) is 0 Å². The Bertz CT molecular complexity index is 1140. The number of nitrogens with one attached hydrogen (secondary N) is 1. The summed E-state index contributed by atoms with van der Waals surface area (Å²) in [7, 11) is -3.87. The van der Waals surface area contributed by atoms with Crippen molar-refractivity contribution in [3.8, 4) is 0 Å². The topological polar surface area (TPSA) is 107 Å². The molecule has 1 amide bonds. The minimum Gasteiger partial charge on any atom is -0.383 e. The van der Waals surface area contributed by atoms with E-state index in [9.17, 15) is 13.2 Å². The van der Waals surface area contributed by atoms with Crippen LogP contribution in [0.4, 0.5) is 11.5 Å². The van der Waals surface area contributed by atoms with Crippen LogP contribution in [0.15, 0.2) is 67.8 Å². The lowest BCUT2D eigenvalue weighted by Crippen LogP contribution is -2.21. The molecule has 0 saturated carbocycles. The second kappa shape index (κ2) is 8.60. The Morgan fingerprint density at radius 2 is 1.79 bits per heavy atom. The predicted octanol–water partition coefficient (Wildman–Crippen LogP) is 3.73. The van der Waals surface area contributed by atoms with Crippen molar-refractivity contribution in [1.29, 1.82) is 0 Å². The van der Waals surface area contributed by atoms with Gasteiger partial charge in [-0.3, -0.25) is 4.79 Å². The molecule has 0 fully saturated rings. The third-order valence-corrected chi connectivity index (χ3v) is 7.29. The number of rotatable bonds is 6. The zero-order chi connectivity index (χ0) is 21.2. The van der Waals surface area contributed by atoms with Gasteiger partial charge in [0.1, 0.15) is 22.3 Å². The lowest BCUT2D eigenvalue weighted by Gasteiger charge is -2.08. The molecule has 0 saturated heterocycles. The van der Waals surface area contributed by atoms with Crippen molar-refractivity contribution >= 4 is 54.9 Å². The number of halogens is 1. The summed E-state index contributed by atoms with van der Waals surface area (Å²) < 4.78 is 28.3. The molecule has 1 heterocycles. The highest BCUT2D eigenvalue weighted by Gasteiger charge is 2.29. The summed E-state index contributed by atoms with van der Waals surface area (Å²) in [6, 6.07) is 13.6. The maximum Gasteiger partial charge on any atom is 0.246 e. The standard InChI is InChI=1S/C19H19BrN4O3S2/c1-12-3-9-15(10-4-12)29(26,27)17-18(21)24(23-19(17)28-2)11-16(25)22-14-7-5-13(20)6-8-14/h3-10H,11,21H2,1-2H3,(H,22,25). The zero-order valence-electron chi connectivity index (χ0n) is 15.7. The third-order valence-electron chi connectivity index (χ3n) is 4.13. The normalized spacial score (nSPS) is 11.4. The van der Waals surface area contributed by atoms with Crippen LogP contribution in [0.1, 0.15) is 5.56 Å². The van der Waals surface area contributed by atoms with E-state index in [0.717, 1.165) is 21.8 Å². The Balaban J connectivity index is 1.90. The molecule has 0 spiro atoms. The van der Waals surface area contributed by atoms with Gasteiger partial charge >= 0.3 is 0 Å². The molecule has 2 aromatic carbocycles. The first-order chi connectivity index (χ1) is 13.7. The number of thioether (sulfide) groups is 1. The number of hydrogen-bond donors (Lipinski definition) is 2. The number of carbonyl (C=O) groups is 1. The average Bonchev–Trinajstić information content (AvgIpc) is 3.00. The van der Waals surface area contributed by atoms with E-state index >= 15 is 0 Å². The first-order valence-corrected chi connectivity index (χ1v) is 12.0. The van der Waals surface area contributed by atoms with E-state index < -0.39 is 9.84 Å². The van der Waals surface area contributed by atoms with Crippen LogP contribution in [-0.4, -0.2) is 30.4 Å². The van der Waals surface area contributed by atoms with E-state index in [1.54, 1.807) is 42.7 Å². The SMILES string of the molecule is CSc1nn(CC(=O)Nc2ccc(Br)cc2)c(N)c1S(=O)(=O)c1ccc(C)cc1. The van der Waals surface area contributed by atoms with Crippen LogP contribution in [0.5, 0.6) is 0 Å². The monoisotopic (exact) mass is 494 g/mol. The fourth-order valence-electron chi connectivity index (χ4n) is 2.65. The second-order valence-corrected chi connectivity index (χ2v) is 9.85. The first kappa shape index (κ1) is 21.4. The quantitative estimate of drug-likeness (QED) is 0.505. The Morgan fingerprint density at radius 3 is 2.38 bits per heavy atom. The number of nitrogen functional groups attached to an aromatic ring is 1. The summed E-state index contributed by atoms with van der Waals surface area (Å²) in [6.45, 7) is 1.67. The van der Waals surface area contributed by atoms with E-state index in [1.807, 2.05) is 6.92 Å². The van der Waals surface area contributed by atoms with Gasteiger partial charge in [0.25, 0.3) is 0 Å². The Labute approximate surface area is 181 Å². The van der Waals surface area contributed by atoms with E-state index in [-0.39, 0.29) is 33.1 Å². The van der Waals surface area contributed by atoms with Gasteiger partial charge in [0.05, 0.1) is 4.90 Å². The van der Waals surface area contributed by atoms with Crippen LogP contribution in [-0.2, 0) is 21.2 Å². The first-order valence-electron chi connectivity index (χ1n) is 8.50. The van der Waals surface area contributed by atoms with E-state index in [2.05, 4.69) is 26.3 Å². The van der Waals surface area contributed by atoms with E-state index in [1.165, 1.54) is 16.8 Å². The maximum absolute atomic E-state index is 13.1. The number of aromatic nitrogens is 2. The second-order valence-electron chi connectivity index (χ2n) is 6.25. The van der Waals surface area contributed by atoms with Crippen molar-refractivity contribution in [2.24, 2.45) is 0 Å². The summed E-state index contributed by atoms with van der Waals surface area (Å²) in [5.74, 6) is -0.436. The molecular formula is C19H19BrN4O3S2. The number of amides is 1. The summed E-state index contributed by atoms with van der Waals surface area (Å²) in [5.41, 5.74) is 7.68. The number of carbonyl (C=O) groups excluding carboxylic acids is 1. The van der Waals surface area contributed by atoms with Crippen molar-refractivity contribution in [1.82, 2.24) is 9.78 Å². The molecule has 0 aliphatic heterocycles. The van der Waals surface area contributed by atoms with Crippen LogP contribution in [0, 0.1) is 6.92 Å². The number of aryl methyl sites for hydroxylation is 1. The highest BCUT2D eigenvalue weighted by Crippen LogP contribution is 2.34. The Kier molecular flexibility index (Phi) is 6.35. The van der Waals surface area contributed by atoms with Gasteiger partial charge in [-0.25, -0.2) is 13.1 Å². The smallest absolute Gasteiger partial charge is 0.246 e. The molecule has 29 heavy (non-hydrogen) atoms. The van der Waals surface area contributed by atoms with E-state index in [4.69, 9.17) is 5.73 Å². The Hall–Kier alpha value is -2.30. The average molecular weight is 495 g/mol. The van der Waals surface area contributed by atoms with Gasteiger partial charge in [-0.05, 0) is 49.6 Å². The molecule has 0 radical (unpaired) electrons. The molecular weight excluding hydrogens is 476 g/mol. The van der Waals surface area contributed by atoms with Crippen LogP contribution >= 0.6 is 27.7 Å². The Morgan fingerprint density at radius 1 is 1.17 bits per heavy atom. The number of nitrogens with zero attached hydrogens (tertiary/aromatic N) is 2. The number of hydrogen-bond acceptors (Lipinski definition) is 6. The number of sulfone groups is 1.